The van der Waals surface area contributed by atoms with Crippen LogP contribution in [0.4, 0.5) is 13.2 Å². The van der Waals surface area contributed by atoms with Gasteiger partial charge in [0.05, 0.1) is 12.1 Å². The Morgan fingerprint density at radius 1 is 1.26 bits per heavy atom. The number of aliphatic imine (C=N–C) groups is 1. The van der Waals surface area contributed by atoms with Crippen LogP contribution < -0.4 is 16.0 Å². The van der Waals surface area contributed by atoms with Crippen LogP contribution in [0.5, 0.6) is 0 Å². The van der Waals surface area contributed by atoms with E-state index in [2.05, 4.69) is 25.8 Å². The molecule has 1 aliphatic rings. The average molecular weight is 442 g/mol. The van der Waals surface area contributed by atoms with Gasteiger partial charge in [-0.1, -0.05) is 19.1 Å². The van der Waals surface area contributed by atoms with E-state index in [1.165, 1.54) is 0 Å². The molecule has 0 spiro atoms. The molecule has 2 rings (SSSR count). The van der Waals surface area contributed by atoms with Gasteiger partial charge in [-0.15, -0.1) is 0 Å². The highest BCUT2D eigenvalue weighted by Crippen LogP contribution is 2.29. The minimum absolute atomic E-state index is 0.00229. The second-order valence-electron chi connectivity index (χ2n) is 7.95. The van der Waals surface area contributed by atoms with E-state index in [0.717, 1.165) is 43.6 Å². The first-order valence-corrected chi connectivity index (χ1v) is 10.9. The summed E-state index contributed by atoms with van der Waals surface area (Å²) in [6.07, 6.45) is -2.16. The highest BCUT2D eigenvalue weighted by atomic mass is 19.4. The molecule has 0 aliphatic carbocycles. The van der Waals surface area contributed by atoms with Crippen LogP contribution >= 0.6 is 0 Å². The summed E-state index contributed by atoms with van der Waals surface area (Å²) in [5.41, 5.74) is 0.239. The van der Waals surface area contributed by atoms with Crippen molar-refractivity contribution in [3.05, 3.63) is 35.4 Å². The molecule has 1 aromatic carbocycles. The maximum atomic E-state index is 12.7. The molecule has 1 aromatic rings. The summed E-state index contributed by atoms with van der Waals surface area (Å²) in [6, 6.07) is 5.71. The maximum Gasteiger partial charge on any atom is 0.416 e. The van der Waals surface area contributed by atoms with Crippen molar-refractivity contribution in [2.75, 3.05) is 26.2 Å². The molecule has 0 saturated carbocycles. The number of rotatable bonds is 9. The summed E-state index contributed by atoms with van der Waals surface area (Å²) in [5.74, 6) is 0.678. The van der Waals surface area contributed by atoms with Gasteiger partial charge in [0.15, 0.2) is 5.96 Å². The van der Waals surface area contributed by atoms with Crippen molar-refractivity contribution in [1.82, 2.24) is 20.9 Å². The zero-order chi connectivity index (χ0) is 22.9. The number of nitrogens with one attached hydrogen (secondary N) is 3. The molecule has 1 amide bonds. The quantitative estimate of drug-likeness (QED) is 0.407. The Kier molecular flexibility index (Phi) is 9.61. The molecule has 3 N–H and O–H groups in total. The van der Waals surface area contributed by atoms with Crippen LogP contribution in [-0.2, 0) is 17.5 Å². The predicted molar refractivity (Wildman–Crippen MR) is 117 cm³/mol. The normalized spacial score (nSPS) is 18.6. The van der Waals surface area contributed by atoms with Crippen molar-refractivity contribution >= 4 is 11.9 Å². The smallest absolute Gasteiger partial charge is 0.357 e. The molecule has 2 unspecified atom stereocenters. The maximum absolute atomic E-state index is 12.7. The second kappa shape index (κ2) is 11.9. The Morgan fingerprint density at radius 3 is 2.58 bits per heavy atom. The third kappa shape index (κ3) is 8.77. The molecule has 1 aliphatic heterocycles. The first-order valence-electron chi connectivity index (χ1n) is 10.9. The molecule has 174 valence electrons. The Morgan fingerprint density at radius 2 is 1.97 bits per heavy atom. The van der Waals surface area contributed by atoms with Crippen LogP contribution in [0.15, 0.2) is 29.3 Å². The highest BCUT2D eigenvalue weighted by Gasteiger charge is 2.30. The lowest BCUT2D eigenvalue weighted by Gasteiger charge is -2.19. The lowest BCUT2D eigenvalue weighted by Crippen LogP contribution is -2.44. The van der Waals surface area contributed by atoms with Gasteiger partial charge in [0.2, 0.25) is 5.91 Å². The minimum Gasteiger partial charge on any atom is -0.357 e. The van der Waals surface area contributed by atoms with E-state index < -0.39 is 11.7 Å². The molecule has 6 nitrogen and oxygen atoms in total. The summed E-state index contributed by atoms with van der Waals surface area (Å²) >= 11 is 0. The minimum atomic E-state index is -4.31. The standard InChI is InChI=1S/C22H34F3N5O/c1-4-16(3)28-20(31)10-12-27-21(26-5-2)29-19-11-13-30(15-19)14-17-6-8-18(9-7-17)22(23,24)25/h6-9,16,19H,4-5,10-15H2,1-3H3,(H,28,31)(H2,26,27,29). The van der Waals surface area contributed by atoms with Gasteiger partial charge >= 0.3 is 6.18 Å². The van der Waals surface area contributed by atoms with Crippen LogP contribution in [-0.4, -0.2) is 55.0 Å². The fourth-order valence-corrected chi connectivity index (χ4v) is 3.38. The van der Waals surface area contributed by atoms with E-state index >= 15 is 0 Å². The SMILES string of the molecule is CCNC(=NCCC(=O)NC(C)CC)NC1CCN(Cc2ccc(C(F)(F)F)cc2)C1. The molecule has 2 atom stereocenters. The van der Waals surface area contributed by atoms with Gasteiger partial charge in [0.25, 0.3) is 0 Å². The summed E-state index contributed by atoms with van der Waals surface area (Å²) in [7, 11) is 0. The number of amides is 1. The average Bonchev–Trinajstić information content (AvgIpc) is 3.14. The number of benzene rings is 1. The van der Waals surface area contributed by atoms with Gasteiger partial charge in [-0.25, -0.2) is 0 Å². The highest BCUT2D eigenvalue weighted by molar-refractivity contribution is 5.81. The van der Waals surface area contributed by atoms with Gasteiger partial charge in [-0.2, -0.15) is 13.2 Å². The summed E-state index contributed by atoms with van der Waals surface area (Å²) in [5, 5.41) is 9.54. The van der Waals surface area contributed by atoms with Crippen molar-refractivity contribution in [2.45, 2.75) is 64.8 Å². The van der Waals surface area contributed by atoms with E-state index in [-0.39, 0.29) is 18.0 Å². The zero-order valence-electron chi connectivity index (χ0n) is 18.6. The molecule has 1 heterocycles. The van der Waals surface area contributed by atoms with Crippen molar-refractivity contribution in [3.63, 3.8) is 0 Å². The second-order valence-corrected chi connectivity index (χ2v) is 7.95. The van der Waals surface area contributed by atoms with Crippen LogP contribution in [0, 0.1) is 0 Å². The lowest BCUT2D eigenvalue weighted by molar-refractivity contribution is -0.137. The van der Waals surface area contributed by atoms with Crippen LogP contribution in [0.3, 0.4) is 0 Å². The number of alkyl halides is 3. The first-order chi connectivity index (χ1) is 14.7. The number of nitrogens with zero attached hydrogens (tertiary/aromatic N) is 2. The number of hydrogen-bond acceptors (Lipinski definition) is 3. The number of carbonyl (C=O) groups is 1. The van der Waals surface area contributed by atoms with E-state index in [9.17, 15) is 18.0 Å². The summed E-state index contributed by atoms with van der Waals surface area (Å²) in [6.45, 7) is 9.35. The predicted octanol–water partition coefficient (Wildman–Crippen LogP) is 3.14. The van der Waals surface area contributed by atoms with Gasteiger partial charge in [0, 0.05) is 44.7 Å². The van der Waals surface area contributed by atoms with Gasteiger partial charge in [-0.05, 0) is 44.4 Å². The third-order valence-electron chi connectivity index (χ3n) is 5.27. The number of guanidine groups is 1. The van der Waals surface area contributed by atoms with Gasteiger partial charge < -0.3 is 16.0 Å². The largest absolute Gasteiger partial charge is 0.416 e. The Labute approximate surface area is 182 Å². The molecule has 0 bridgehead atoms. The van der Waals surface area contributed by atoms with Crippen molar-refractivity contribution in [3.8, 4) is 0 Å². The molecule has 0 radical (unpaired) electrons. The lowest BCUT2D eigenvalue weighted by atomic mass is 10.1. The Balaban J connectivity index is 1.81. The Hall–Kier alpha value is -2.29. The van der Waals surface area contributed by atoms with Crippen LogP contribution in [0.1, 0.15) is 51.2 Å². The topological polar surface area (TPSA) is 68.8 Å². The van der Waals surface area contributed by atoms with E-state index in [1.807, 2.05) is 20.8 Å². The van der Waals surface area contributed by atoms with E-state index in [1.54, 1.807) is 12.1 Å². The van der Waals surface area contributed by atoms with Gasteiger partial charge in [0.1, 0.15) is 0 Å². The molecule has 1 saturated heterocycles. The summed E-state index contributed by atoms with van der Waals surface area (Å²) < 4.78 is 38.1. The molecule has 31 heavy (non-hydrogen) atoms. The van der Waals surface area contributed by atoms with Crippen molar-refractivity contribution in [2.24, 2.45) is 4.99 Å². The fraction of sp³-hybridized carbons (Fsp3) is 0.636. The number of likely N-dealkylation sites (tertiary alicyclic amines) is 1. The third-order valence-corrected chi connectivity index (χ3v) is 5.27. The fourth-order valence-electron chi connectivity index (χ4n) is 3.38. The zero-order valence-corrected chi connectivity index (χ0v) is 18.6. The van der Waals surface area contributed by atoms with Crippen molar-refractivity contribution < 1.29 is 18.0 Å². The van der Waals surface area contributed by atoms with Crippen LogP contribution in [0.25, 0.3) is 0 Å². The monoisotopic (exact) mass is 441 g/mol. The van der Waals surface area contributed by atoms with Gasteiger partial charge in [-0.3, -0.25) is 14.7 Å². The van der Waals surface area contributed by atoms with Crippen LogP contribution in [0.2, 0.25) is 0 Å². The molecular formula is C22H34F3N5O. The van der Waals surface area contributed by atoms with E-state index in [4.69, 9.17) is 0 Å². The number of halogens is 3. The Bertz CT molecular complexity index is 721. The first kappa shape index (κ1) is 25.0. The molecular weight excluding hydrogens is 407 g/mol. The molecule has 1 fully saturated rings. The van der Waals surface area contributed by atoms with Crippen molar-refractivity contribution in [1.29, 1.82) is 0 Å². The number of carbonyl (C=O) groups excluding carboxylic acids is 1. The molecule has 0 aromatic heterocycles. The van der Waals surface area contributed by atoms with E-state index in [0.29, 0.717) is 32.0 Å². The molecule has 9 heteroatoms. The number of hydrogen-bond donors (Lipinski definition) is 3. The summed E-state index contributed by atoms with van der Waals surface area (Å²) in [4.78, 5) is 18.6.